The second-order valence-electron chi connectivity index (χ2n) is 5.54. The Labute approximate surface area is 114 Å². The Morgan fingerprint density at radius 1 is 1.42 bits per heavy atom. The number of nitrogens with two attached hydrogens (primary N) is 1. The van der Waals surface area contributed by atoms with Gasteiger partial charge in [0.2, 0.25) is 0 Å². The van der Waals surface area contributed by atoms with E-state index >= 15 is 0 Å². The first kappa shape index (κ1) is 12.5. The smallest absolute Gasteiger partial charge is 0.124 e. The van der Waals surface area contributed by atoms with E-state index in [9.17, 15) is 0 Å². The van der Waals surface area contributed by atoms with Crippen LogP contribution in [0, 0.1) is 12.3 Å². The summed E-state index contributed by atoms with van der Waals surface area (Å²) >= 11 is 0. The molecule has 1 aromatic carbocycles. The molecule has 2 unspecified atom stereocenters. The average molecular weight is 259 g/mol. The van der Waals surface area contributed by atoms with Crippen molar-refractivity contribution in [3.63, 3.8) is 0 Å². The van der Waals surface area contributed by atoms with Crippen LogP contribution in [-0.4, -0.2) is 31.1 Å². The summed E-state index contributed by atoms with van der Waals surface area (Å²) < 4.78 is 5.86. The summed E-state index contributed by atoms with van der Waals surface area (Å²) in [5.74, 6) is 0.149. The normalized spacial score (nSPS) is 26.3. The highest BCUT2D eigenvalue weighted by Crippen LogP contribution is 2.34. The van der Waals surface area contributed by atoms with Gasteiger partial charge < -0.3 is 15.4 Å². The Hall–Kier alpha value is -1.55. The van der Waals surface area contributed by atoms with Crippen molar-refractivity contribution >= 4 is 11.5 Å². The SMILES string of the molecule is Cc1ccc(C(=N)N)c(N2CCOC3CCCC32)c1. The number of nitrogens with one attached hydrogen (secondary N) is 1. The van der Waals surface area contributed by atoms with E-state index in [1.807, 2.05) is 12.1 Å². The van der Waals surface area contributed by atoms with E-state index in [2.05, 4.69) is 17.9 Å². The van der Waals surface area contributed by atoms with E-state index in [-0.39, 0.29) is 5.84 Å². The fourth-order valence-electron chi connectivity index (χ4n) is 3.33. The van der Waals surface area contributed by atoms with Crippen molar-refractivity contribution in [1.82, 2.24) is 0 Å². The number of anilines is 1. The molecule has 0 radical (unpaired) electrons. The first-order valence-electron chi connectivity index (χ1n) is 7.00. The minimum atomic E-state index is 0.149. The number of benzene rings is 1. The molecule has 1 saturated heterocycles. The lowest BCUT2D eigenvalue weighted by molar-refractivity contribution is 0.0256. The lowest BCUT2D eigenvalue weighted by Crippen LogP contribution is -2.49. The number of morpholine rings is 1. The molecule has 2 aliphatic rings. The summed E-state index contributed by atoms with van der Waals surface area (Å²) in [6.45, 7) is 3.75. The molecule has 3 rings (SSSR count). The summed E-state index contributed by atoms with van der Waals surface area (Å²) in [5, 5.41) is 7.77. The molecule has 2 atom stereocenters. The molecule has 1 saturated carbocycles. The van der Waals surface area contributed by atoms with Gasteiger partial charge in [-0.15, -0.1) is 0 Å². The predicted molar refractivity (Wildman–Crippen MR) is 76.9 cm³/mol. The van der Waals surface area contributed by atoms with Crippen molar-refractivity contribution in [2.75, 3.05) is 18.1 Å². The Bertz CT molecular complexity index is 500. The Balaban J connectivity index is 2.00. The van der Waals surface area contributed by atoms with Crippen molar-refractivity contribution in [1.29, 1.82) is 5.41 Å². The van der Waals surface area contributed by atoms with Crippen molar-refractivity contribution < 1.29 is 4.74 Å². The number of ether oxygens (including phenoxy) is 1. The first-order chi connectivity index (χ1) is 9.16. The molecule has 1 aliphatic heterocycles. The summed E-state index contributed by atoms with van der Waals surface area (Å²) in [6.07, 6.45) is 3.92. The zero-order valence-electron chi connectivity index (χ0n) is 11.4. The van der Waals surface area contributed by atoms with Crippen LogP contribution in [0.2, 0.25) is 0 Å². The highest BCUT2D eigenvalue weighted by atomic mass is 16.5. The van der Waals surface area contributed by atoms with Gasteiger partial charge in [-0.25, -0.2) is 0 Å². The van der Waals surface area contributed by atoms with Gasteiger partial charge in [0.25, 0.3) is 0 Å². The maximum atomic E-state index is 7.77. The van der Waals surface area contributed by atoms with Gasteiger partial charge in [-0.05, 0) is 43.9 Å². The van der Waals surface area contributed by atoms with Gasteiger partial charge in [-0.1, -0.05) is 6.07 Å². The molecule has 19 heavy (non-hydrogen) atoms. The summed E-state index contributed by atoms with van der Waals surface area (Å²) in [6, 6.07) is 6.59. The van der Waals surface area contributed by atoms with Crippen LogP contribution in [-0.2, 0) is 4.74 Å². The molecule has 4 heteroatoms. The van der Waals surface area contributed by atoms with Gasteiger partial charge in [0, 0.05) is 17.8 Å². The first-order valence-corrected chi connectivity index (χ1v) is 7.00. The van der Waals surface area contributed by atoms with E-state index in [4.69, 9.17) is 15.9 Å². The van der Waals surface area contributed by atoms with Gasteiger partial charge in [-0.3, -0.25) is 5.41 Å². The van der Waals surface area contributed by atoms with Crippen LogP contribution in [0.15, 0.2) is 18.2 Å². The van der Waals surface area contributed by atoms with Crippen LogP contribution in [0.1, 0.15) is 30.4 Å². The fraction of sp³-hybridized carbons (Fsp3) is 0.533. The third kappa shape index (κ3) is 2.21. The quantitative estimate of drug-likeness (QED) is 0.631. The van der Waals surface area contributed by atoms with E-state index < -0.39 is 0 Å². The lowest BCUT2D eigenvalue weighted by Gasteiger charge is -2.40. The van der Waals surface area contributed by atoms with E-state index in [1.165, 1.54) is 18.4 Å². The van der Waals surface area contributed by atoms with Crippen LogP contribution < -0.4 is 10.6 Å². The van der Waals surface area contributed by atoms with Crippen molar-refractivity contribution in [2.45, 2.75) is 38.3 Å². The summed E-state index contributed by atoms with van der Waals surface area (Å²) in [5.41, 5.74) is 8.89. The van der Waals surface area contributed by atoms with Gasteiger partial charge >= 0.3 is 0 Å². The third-order valence-electron chi connectivity index (χ3n) is 4.23. The van der Waals surface area contributed by atoms with Crippen LogP contribution in [0.25, 0.3) is 0 Å². The Morgan fingerprint density at radius 2 is 2.26 bits per heavy atom. The van der Waals surface area contributed by atoms with Gasteiger partial charge in [0.1, 0.15) is 5.84 Å². The number of hydrogen-bond acceptors (Lipinski definition) is 3. The zero-order valence-corrected chi connectivity index (χ0v) is 11.4. The van der Waals surface area contributed by atoms with Crippen molar-refractivity contribution in [3.8, 4) is 0 Å². The molecule has 0 amide bonds. The minimum Gasteiger partial charge on any atom is -0.384 e. The molecule has 1 aliphatic carbocycles. The number of fused-ring (bicyclic) bond motifs is 1. The number of aryl methyl sites for hydroxylation is 1. The molecule has 0 bridgehead atoms. The molecule has 0 aromatic heterocycles. The molecule has 1 heterocycles. The fourth-order valence-corrected chi connectivity index (χ4v) is 3.33. The number of nitrogens with zero attached hydrogens (tertiary/aromatic N) is 1. The van der Waals surface area contributed by atoms with Crippen LogP contribution >= 0.6 is 0 Å². The van der Waals surface area contributed by atoms with Gasteiger partial charge in [0.15, 0.2) is 0 Å². The molecule has 1 aromatic rings. The maximum absolute atomic E-state index is 7.77. The highest BCUT2D eigenvalue weighted by molar-refractivity contribution is 6.00. The average Bonchev–Trinajstić information content (AvgIpc) is 2.86. The lowest BCUT2D eigenvalue weighted by atomic mass is 10.0. The summed E-state index contributed by atoms with van der Waals surface area (Å²) in [4.78, 5) is 2.41. The van der Waals surface area contributed by atoms with Crippen LogP contribution in [0.4, 0.5) is 5.69 Å². The number of rotatable bonds is 2. The standard InChI is InChI=1S/C15H21N3O/c1-10-5-6-11(15(16)17)13(9-10)18-7-8-19-14-4-2-3-12(14)18/h5-6,9,12,14H,2-4,7-8H2,1H3,(H3,16,17). The number of nitrogen functional groups attached to an aromatic ring is 1. The highest BCUT2D eigenvalue weighted by Gasteiger charge is 2.36. The zero-order chi connectivity index (χ0) is 13.4. The Kier molecular flexibility index (Phi) is 3.19. The van der Waals surface area contributed by atoms with Crippen LogP contribution in [0.3, 0.4) is 0 Å². The molecular weight excluding hydrogens is 238 g/mol. The predicted octanol–water partition coefficient (Wildman–Crippen LogP) is 2.04. The monoisotopic (exact) mass is 259 g/mol. The van der Waals surface area contributed by atoms with E-state index in [0.29, 0.717) is 12.1 Å². The molecule has 3 N–H and O–H groups in total. The second-order valence-corrected chi connectivity index (χ2v) is 5.54. The molecule has 102 valence electrons. The molecule has 4 nitrogen and oxygen atoms in total. The van der Waals surface area contributed by atoms with E-state index in [1.54, 1.807) is 0 Å². The molecule has 0 spiro atoms. The van der Waals surface area contributed by atoms with Crippen molar-refractivity contribution in [3.05, 3.63) is 29.3 Å². The number of amidine groups is 1. The largest absolute Gasteiger partial charge is 0.384 e. The summed E-state index contributed by atoms with van der Waals surface area (Å²) in [7, 11) is 0. The van der Waals surface area contributed by atoms with Gasteiger partial charge in [-0.2, -0.15) is 0 Å². The van der Waals surface area contributed by atoms with E-state index in [0.717, 1.165) is 30.8 Å². The topological polar surface area (TPSA) is 62.3 Å². The number of hydrogen-bond donors (Lipinski definition) is 2. The molecular formula is C15H21N3O. The van der Waals surface area contributed by atoms with Crippen molar-refractivity contribution in [2.24, 2.45) is 5.73 Å². The minimum absolute atomic E-state index is 0.149. The third-order valence-corrected chi connectivity index (χ3v) is 4.23. The second kappa shape index (κ2) is 4.85. The van der Waals surface area contributed by atoms with Crippen LogP contribution in [0.5, 0.6) is 0 Å². The maximum Gasteiger partial charge on any atom is 0.124 e. The molecule has 2 fully saturated rings. The van der Waals surface area contributed by atoms with Gasteiger partial charge in [0.05, 0.1) is 18.8 Å². The Morgan fingerprint density at radius 3 is 3.05 bits per heavy atom.